The molecular weight excluding hydrogens is 372 g/mol. The van der Waals surface area contributed by atoms with Crippen LogP contribution < -0.4 is 9.62 Å². The Morgan fingerprint density at radius 1 is 1.27 bits per heavy atom. The maximum atomic E-state index is 12.8. The summed E-state index contributed by atoms with van der Waals surface area (Å²) in [6.07, 6.45) is 5.15. The van der Waals surface area contributed by atoms with Gasteiger partial charge >= 0.3 is 5.97 Å². The summed E-state index contributed by atoms with van der Waals surface area (Å²) in [5.41, 5.74) is 0.874. The number of rotatable bonds is 8. The van der Waals surface area contributed by atoms with Gasteiger partial charge in [-0.3, -0.25) is 4.79 Å². The van der Waals surface area contributed by atoms with E-state index in [-0.39, 0.29) is 10.6 Å². The summed E-state index contributed by atoms with van der Waals surface area (Å²) in [4.78, 5) is 13.4. The van der Waals surface area contributed by atoms with Crippen molar-refractivity contribution >= 4 is 44.2 Å². The topological polar surface area (TPSA) is 86.7 Å². The second-order valence-corrected chi connectivity index (χ2v) is 8.47. The van der Waals surface area contributed by atoms with Crippen molar-refractivity contribution in [1.82, 2.24) is 4.72 Å². The Morgan fingerprint density at radius 3 is 2.54 bits per heavy atom. The van der Waals surface area contributed by atoms with E-state index >= 15 is 0 Å². The second kappa shape index (κ2) is 8.45. The number of fused-ring (bicyclic) bond motifs is 1. The van der Waals surface area contributed by atoms with Gasteiger partial charge in [0.25, 0.3) is 0 Å². The van der Waals surface area contributed by atoms with Gasteiger partial charge < -0.3 is 10.0 Å². The highest BCUT2D eigenvalue weighted by Crippen LogP contribution is 2.30. The maximum absolute atomic E-state index is 12.8. The number of thioether (sulfide) groups is 1. The van der Waals surface area contributed by atoms with Crippen molar-refractivity contribution in [3.63, 3.8) is 0 Å². The number of benzene rings is 2. The smallest absolute Gasteiger partial charge is 0.322 e. The van der Waals surface area contributed by atoms with E-state index in [0.717, 1.165) is 11.1 Å². The fourth-order valence-electron chi connectivity index (χ4n) is 2.53. The van der Waals surface area contributed by atoms with Crippen LogP contribution in [0.15, 0.2) is 41.3 Å². The lowest BCUT2D eigenvalue weighted by Gasteiger charge is -2.18. The van der Waals surface area contributed by atoms with Gasteiger partial charge in [0.1, 0.15) is 6.04 Å². The van der Waals surface area contributed by atoms with Gasteiger partial charge in [0.05, 0.1) is 10.6 Å². The Kier molecular flexibility index (Phi) is 6.53. The fraction of sp³-hybridized carbons (Fsp3) is 0.278. The van der Waals surface area contributed by atoms with Crippen molar-refractivity contribution in [3.05, 3.63) is 36.4 Å². The normalized spacial score (nSPS) is 12.5. The van der Waals surface area contributed by atoms with Crippen LogP contribution >= 0.6 is 11.8 Å². The van der Waals surface area contributed by atoms with Gasteiger partial charge in [-0.15, -0.1) is 18.2 Å². The van der Waals surface area contributed by atoms with E-state index in [1.807, 2.05) is 31.1 Å². The molecule has 138 valence electrons. The molecular formula is C18H20N2O4S2. The van der Waals surface area contributed by atoms with E-state index in [2.05, 4.69) is 10.6 Å². The number of hydrogen-bond acceptors (Lipinski definition) is 5. The molecule has 0 fully saturated rings. The molecule has 2 rings (SSSR count). The third-order valence-corrected chi connectivity index (χ3v) is 6.17. The van der Waals surface area contributed by atoms with Gasteiger partial charge in [0, 0.05) is 36.3 Å². The predicted molar refractivity (Wildman–Crippen MR) is 106 cm³/mol. The van der Waals surface area contributed by atoms with Crippen LogP contribution in [0.5, 0.6) is 0 Å². The Morgan fingerprint density at radius 2 is 1.92 bits per heavy atom. The minimum Gasteiger partial charge on any atom is -0.480 e. The van der Waals surface area contributed by atoms with Crippen LogP contribution in [0.3, 0.4) is 0 Å². The van der Waals surface area contributed by atoms with Crippen LogP contribution in [0, 0.1) is 12.3 Å². The first-order valence-electron chi connectivity index (χ1n) is 7.73. The molecule has 0 heterocycles. The molecule has 0 saturated heterocycles. The standard InChI is InChI=1S/C18H20N2O4S2/c1-4-11-25-12-15(18(21)22)19-26(23,24)17-10-6-7-13-14(17)8-5-9-16(13)20(2)3/h1,5-10,15,19H,11-12H2,2-3H3,(H,21,22)/t15-/m0/s1. The number of nitrogens with zero attached hydrogens (tertiary/aromatic N) is 1. The first kappa shape index (κ1) is 20.1. The number of anilines is 1. The van der Waals surface area contributed by atoms with Gasteiger partial charge in [0.2, 0.25) is 10.0 Å². The average Bonchev–Trinajstić information content (AvgIpc) is 2.59. The Labute approximate surface area is 157 Å². The number of carbonyl (C=O) groups is 1. The molecule has 0 spiro atoms. The molecule has 26 heavy (non-hydrogen) atoms. The maximum Gasteiger partial charge on any atom is 0.322 e. The number of aliphatic carboxylic acids is 1. The van der Waals surface area contributed by atoms with Crippen LogP contribution in [-0.4, -0.2) is 51.1 Å². The minimum atomic E-state index is -4.03. The summed E-state index contributed by atoms with van der Waals surface area (Å²) in [5.74, 6) is 1.50. The molecule has 0 aliphatic rings. The SMILES string of the molecule is C#CCSC[C@H](NS(=O)(=O)c1cccc2c(N(C)C)cccc12)C(=O)O. The number of nitrogens with one attached hydrogen (secondary N) is 1. The Bertz CT molecular complexity index is 949. The van der Waals surface area contributed by atoms with Gasteiger partial charge in [0.15, 0.2) is 0 Å². The number of terminal acetylenes is 1. The zero-order valence-electron chi connectivity index (χ0n) is 14.5. The molecule has 0 aromatic heterocycles. The van der Waals surface area contributed by atoms with Crippen molar-refractivity contribution in [1.29, 1.82) is 0 Å². The van der Waals surface area contributed by atoms with Crippen LogP contribution in [0.1, 0.15) is 0 Å². The number of carboxylic acids is 1. The van der Waals surface area contributed by atoms with Gasteiger partial charge in [-0.25, -0.2) is 8.42 Å². The molecule has 0 unspecified atom stereocenters. The summed E-state index contributed by atoms with van der Waals surface area (Å²) < 4.78 is 28.0. The molecule has 0 aliphatic carbocycles. The second-order valence-electron chi connectivity index (χ2n) is 5.75. The van der Waals surface area contributed by atoms with Crippen molar-refractivity contribution in [2.75, 3.05) is 30.5 Å². The third kappa shape index (κ3) is 4.49. The van der Waals surface area contributed by atoms with Gasteiger partial charge in [-0.05, 0) is 12.1 Å². The molecule has 2 aromatic carbocycles. The molecule has 2 aromatic rings. The number of carboxylic acid groups (broad SMARTS) is 1. The van der Waals surface area contributed by atoms with Crippen molar-refractivity contribution in [2.45, 2.75) is 10.9 Å². The van der Waals surface area contributed by atoms with Crippen molar-refractivity contribution in [3.8, 4) is 12.3 Å². The lowest BCUT2D eigenvalue weighted by molar-refractivity contribution is -0.138. The largest absolute Gasteiger partial charge is 0.480 e. The fourth-order valence-corrected chi connectivity index (χ4v) is 4.74. The van der Waals surface area contributed by atoms with E-state index < -0.39 is 22.0 Å². The van der Waals surface area contributed by atoms with Gasteiger partial charge in [-0.2, -0.15) is 4.72 Å². The summed E-state index contributed by atoms with van der Waals surface area (Å²) >= 11 is 1.18. The number of hydrogen-bond donors (Lipinski definition) is 2. The van der Waals surface area contributed by atoms with Crippen LogP contribution in [0.4, 0.5) is 5.69 Å². The molecule has 2 N–H and O–H groups in total. The molecule has 0 aliphatic heterocycles. The first-order valence-corrected chi connectivity index (χ1v) is 10.4. The molecule has 0 radical (unpaired) electrons. The molecule has 0 saturated carbocycles. The van der Waals surface area contributed by atoms with E-state index in [9.17, 15) is 18.3 Å². The van der Waals surface area contributed by atoms with Crippen molar-refractivity contribution < 1.29 is 18.3 Å². The van der Waals surface area contributed by atoms with Crippen LogP contribution in [-0.2, 0) is 14.8 Å². The predicted octanol–water partition coefficient (Wildman–Crippen LogP) is 2.00. The number of sulfonamides is 1. The highest BCUT2D eigenvalue weighted by molar-refractivity contribution is 7.99. The zero-order chi connectivity index (χ0) is 19.3. The third-order valence-electron chi connectivity index (χ3n) is 3.70. The quantitative estimate of drug-likeness (QED) is 0.528. The summed E-state index contributed by atoms with van der Waals surface area (Å²) in [6.45, 7) is 0. The Balaban J connectivity index is 2.44. The molecule has 0 bridgehead atoms. The molecule has 8 heteroatoms. The van der Waals surface area contributed by atoms with Crippen molar-refractivity contribution in [2.24, 2.45) is 0 Å². The summed E-state index contributed by atoms with van der Waals surface area (Å²) in [7, 11) is -0.280. The Hall–Kier alpha value is -2.21. The van der Waals surface area contributed by atoms with Gasteiger partial charge in [-0.1, -0.05) is 30.2 Å². The lowest BCUT2D eigenvalue weighted by Crippen LogP contribution is -2.42. The van der Waals surface area contributed by atoms with E-state index in [0.29, 0.717) is 11.1 Å². The molecule has 1 atom stereocenters. The average molecular weight is 393 g/mol. The highest BCUT2D eigenvalue weighted by Gasteiger charge is 2.26. The monoisotopic (exact) mass is 392 g/mol. The minimum absolute atomic E-state index is 0.0481. The summed E-state index contributed by atoms with van der Waals surface area (Å²) in [6, 6.07) is 9.06. The van der Waals surface area contributed by atoms with E-state index in [4.69, 9.17) is 6.42 Å². The lowest BCUT2D eigenvalue weighted by atomic mass is 10.1. The van der Waals surface area contributed by atoms with E-state index in [1.54, 1.807) is 18.2 Å². The molecule has 0 amide bonds. The summed E-state index contributed by atoms with van der Waals surface area (Å²) in [5, 5.41) is 10.6. The first-order chi connectivity index (χ1) is 12.3. The zero-order valence-corrected chi connectivity index (χ0v) is 16.1. The highest BCUT2D eigenvalue weighted by atomic mass is 32.2. The van der Waals surface area contributed by atoms with E-state index in [1.165, 1.54) is 17.8 Å². The van der Waals surface area contributed by atoms with Crippen LogP contribution in [0.2, 0.25) is 0 Å². The van der Waals surface area contributed by atoms with Crippen LogP contribution in [0.25, 0.3) is 10.8 Å². The molecule has 6 nitrogen and oxygen atoms in total.